The molecule has 2 rings (SSSR count). The molecule has 2 aromatic heterocycles. The van der Waals surface area contributed by atoms with Gasteiger partial charge in [-0.1, -0.05) is 25.1 Å². The number of carbonyl (C=O) groups is 1. The molecule has 0 fully saturated rings. The van der Waals surface area contributed by atoms with Crippen LogP contribution in [0.1, 0.15) is 26.7 Å². The summed E-state index contributed by atoms with van der Waals surface area (Å²) < 4.78 is 7.13. The number of nitrogens with one attached hydrogen (secondary N) is 1. The monoisotopic (exact) mass is 308 g/mol. The van der Waals surface area contributed by atoms with Crippen molar-refractivity contribution in [2.45, 2.75) is 37.9 Å². The first-order valence-corrected chi connectivity index (χ1v) is 7.95. The van der Waals surface area contributed by atoms with Crippen LogP contribution < -0.4 is 5.32 Å². The Hall–Kier alpha value is -1.76. The number of furan rings is 1. The molecule has 0 aromatic carbocycles. The smallest absolute Gasteiger partial charge is 0.230 e. The summed E-state index contributed by atoms with van der Waals surface area (Å²) >= 11 is 1.37. The molecule has 0 saturated heterocycles. The summed E-state index contributed by atoms with van der Waals surface area (Å²) in [6.45, 7) is 4.12. The molecule has 114 valence electrons. The average molecular weight is 308 g/mol. The van der Waals surface area contributed by atoms with Crippen molar-refractivity contribution in [3.63, 3.8) is 0 Å². The Morgan fingerprint density at radius 1 is 1.52 bits per heavy atom. The van der Waals surface area contributed by atoms with Crippen molar-refractivity contribution < 1.29 is 9.21 Å². The van der Waals surface area contributed by atoms with E-state index in [0.29, 0.717) is 22.5 Å². The van der Waals surface area contributed by atoms with Gasteiger partial charge in [0.15, 0.2) is 16.7 Å². The van der Waals surface area contributed by atoms with Crippen molar-refractivity contribution in [3.05, 3.63) is 18.4 Å². The van der Waals surface area contributed by atoms with Crippen LogP contribution >= 0.6 is 11.8 Å². The molecular formula is C14H20N4O2S. The lowest BCUT2D eigenvalue weighted by Crippen LogP contribution is -2.33. The molecule has 1 amide bonds. The minimum absolute atomic E-state index is 0.0171. The highest BCUT2D eigenvalue weighted by Crippen LogP contribution is 2.22. The second-order valence-corrected chi connectivity index (χ2v) is 5.83. The van der Waals surface area contributed by atoms with Crippen LogP contribution in [0.5, 0.6) is 0 Å². The average Bonchev–Trinajstić information content (AvgIpc) is 3.06. The van der Waals surface area contributed by atoms with Gasteiger partial charge in [0.1, 0.15) is 0 Å². The molecule has 0 bridgehead atoms. The number of aromatic nitrogens is 3. The topological polar surface area (TPSA) is 73.0 Å². The van der Waals surface area contributed by atoms with Gasteiger partial charge in [0.05, 0.1) is 12.0 Å². The molecule has 2 aromatic rings. The summed E-state index contributed by atoms with van der Waals surface area (Å²) in [6.07, 6.45) is 3.65. The predicted octanol–water partition coefficient (Wildman–Crippen LogP) is 2.47. The first-order valence-electron chi connectivity index (χ1n) is 6.97. The van der Waals surface area contributed by atoms with E-state index in [2.05, 4.69) is 22.4 Å². The molecule has 21 heavy (non-hydrogen) atoms. The highest BCUT2D eigenvalue weighted by Gasteiger charge is 2.15. The summed E-state index contributed by atoms with van der Waals surface area (Å²) in [5.41, 5.74) is 0. The third kappa shape index (κ3) is 4.10. The molecule has 0 spiro atoms. The summed E-state index contributed by atoms with van der Waals surface area (Å²) in [7, 11) is 1.86. The lowest BCUT2D eigenvalue weighted by atomic mass is 10.2. The maximum Gasteiger partial charge on any atom is 0.230 e. The summed E-state index contributed by atoms with van der Waals surface area (Å²) in [4.78, 5) is 11.8. The van der Waals surface area contributed by atoms with Gasteiger partial charge in [-0.2, -0.15) is 0 Å². The van der Waals surface area contributed by atoms with Crippen LogP contribution in [-0.4, -0.2) is 32.5 Å². The molecule has 1 N–H and O–H groups in total. The van der Waals surface area contributed by atoms with Gasteiger partial charge < -0.3 is 14.3 Å². The lowest BCUT2D eigenvalue weighted by Gasteiger charge is -2.12. The zero-order valence-corrected chi connectivity index (χ0v) is 13.3. The number of rotatable bonds is 7. The molecular weight excluding hydrogens is 288 g/mol. The van der Waals surface area contributed by atoms with Crippen molar-refractivity contribution in [2.75, 3.05) is 5.75 Å². The molecule has 0 unspecified atom stereocenters. The fraction of sp³-hybridized carbons (Fsp3) is 0.500. The van der Waals surface area contributed by atoms with Gasteiger partial charge in [-0.15, -0.1) is 10.2 Å². The Balaban J connectivity index is 1.91. The fourth-order valence-electron chi connectivity index (χ4n) is 2.01. The standard InChI is InChI=1S/C14H20N4O2S/c1-4-6-10(2)15-12(19)9-21-14-17-16-13(18(14)3)11-7-5-8-20-11/h5,7-8,10H,4,6,9H2,1-3H3,(H,15,19)/t10-/m0/s1. The van der Waals surface area contributed by atoms with E-state index < -0.39 is 0 Å². The van der Waals surface area contributed by atoms with Gasteiger partial charge in [-0.05, 0) is 25.5 Å². The lowest BCUT2D eigenvalue weighted by molar-refractivity contribution is -0.119. The highest BCUT2D eigenvalue weighted by atomic mass is 32.2. The normalized spacial score (nSPS) is 12.3. The number of amides is 1. The molecule has 0 aliphatic carbocycles. The second kappa shape index (κ2) is 7.31. The first kappa shape index (κ1) is 15.6. The van der Waals surface area contributed by atoms with E-state index in [0.717, 1.165) is 12.8 Å². The summed E-state index contributed by atoms with van der Waals surface area (Å²) in [5.74, 6) is 1.67. The van der Waals surface area contributed by atoms with E-state index in [1.54, 1.807) is 12.3 Å². The minimum Gasteiger partial charge on any atom is -0.461 e. The second-order valence-electron chi connectivity index (χ2n) is 4.89. The molecule has 0 aliphatic rings. The molecule has 7 heteroatoms. The van der Waals surface area contributed by atoms with Crippen LogP contribution in [0.3, 0.4) is 0 Å². The van der Waals surface area contributed by atoms with Gasteiger partial charge >= 0.3 is 0 Å². The predicted molar refractivity (Wildman–Crippen MR) is 81.9 cm³/mol. The Kier molecular flexibility index (Phi) is 5.44. The van der Waals surface area contributed by atoms with Crippen LogP contribution in [0.2, 0.25) is 0 Å². The largest absolute Gasteiger partial charge is 0.461 e. The van der Waals surface area contributed by atoms with Gasteiger partial charge in [-0.3, -0.25) is 4.79 Å². The Bertz CT molecular complexity index is 580. The van der Waals surface area contributed by atoms with E-state index in [4.69, 9.17) is 4.42 Å². The Morgan fingerprint density at radius 2 is 2.33 bits per heavy atom. The van der Waals surface area contributed by atoms with Gasteiger partial charge in [0.2, 0.25) is 5.91 Å². The van der Waals surface area contributed by atoms with Crippen molar-refractivity contribution >= 4 is 17.7 Å². The maximum absolute atomic E-state index is 11.8. The van der Waals surface area contributed by atoms with Crippen LogP contribution in [0.25, 0.3) is 11.6 Å². The fourth-order valence-corrected chi connectivity index (χ4v) is 2.73. The molecule has 6 nitrogen and oxygen atoms in total. The van der Waals surface area contributed by atoms with E-state index in [-0.39, 0.29) is 11.9 Å². The quantitative estimate of drug-likeness (QED) is 0.795. The molecule has 0 saturated carbocycles. The molecule has 1 atom stereocenters. The zero-order chi connectivity index (χ0) is 15.2. The van der Waals surface area contributed by atoms with E-state index in [1.165, 1.54) is 11.8 Å². The number of hydrogen-bond acceptors (Lipinski definition) is 5. The zero-order valence-electron chi connectivity index (χ0n) is 12.5. The van der Waals surface area contributed by atoms with Crippen molar-refractivity contribution in [1.82, 2.24) is 20.1 Å². The molecule has 0 aliphatic heterocycles. The molecule has 0 radical (unpaired) electrons. The van der Waals surface area contributed by atoms with E-state index >= 15 is 0 Å². The maximum atomic E-state index is 11.8. The van der Waals surface area contributed by atoms with Gasteiger partial charge in [0.25, 0.3) is 0 Å². The third-order valence-electron chi connectivity index (χ3n) is 3.04. The summed E-state index contributed by atoms with van der Waals surface area (Å²) in [6, 6.07) is 3.85. The van der Waals surface area contributed by atoms with Crippen molar-refractivity contribution in [3.8, 4) is 11.6 Å². The number of thioether (sulfide) groups is 1. The number of carbonyl (C=O) groups excluding carboxylic acids is 1. The van der Waals surface area contributed by atoms with Crippen molar-refractivity contribution in [2.24, 2.45) is 7.05 Å². The minimum atomic E-state index is 0.0171. The highest BCUT2D eigenvalue weighted by molar-refractivity contribution is 7.99. The SMILES string of the molecule is CCC[C@H](C)NC(=O)CSc1nnc(-c2ccco2)n1C. The Morgan fingerprint density at radius 3 is 3.00 bits per heavy atom. The van der Waals surface area contributed by atoms with Crippen LogP contribution in [0, 0.1) is 0 Å². The van der Waals surface area contributed by atoms with Gasteiger partial charge in [0, 0.05) is 13.1 Å². The number of hydrogen-bond donors (Lipinski definition) is 1. The van der Waals surface area contributed by atoms with Gasteiger partial charge in [-0.25, -0.2) is 0 Å². The van der Waals surface area contributed by atoms with Crippen LogP contribution in [0.15, 0.2) is 28.0 Å². The molecule has 2 heterocycles. The van der Waals surface area contributed by atoms with Crippen LogP contribution in [-0.2, 0) is 11.8 Å². The third-order valence-corrected chi connectivity index (χ3v) is 4.06. The Labute approximate surface area is 128 Å². The van der Waals surface area contributed by atoms with Crippen molar-refractivity contribution in [1.29, 1.82) is 0 Å². The number of nitrogens with zero attached hydrogens (tertiary/aromatic N) is 3. The van der Waals surface area contributed by atoms with Crippen LogP contribution in [0.4, 0.5) is 0 Å². The summed E-state index contributed by atoms with van der Waals surface area (Å²) in [5, 5.41) is 11.9. The van der Waals surface area contributed by atoms with E-state index in [9.17, 15) is 4.79 Å². The first-order chi connectivity index (χ1) is 10.1. The van der Waals surface area contributed by atoms with E-state index in [1.807, 2.05) is 24.6 Å².